The Hall–Kier alpha value is -2.81. The van der Waals surface area contributed by atoms with E-state index in [1.54, 1.807) is 7.11 Å². The van der Waals surface area contributed by atoms with Crippen LogP contribution in [-0.4, -0.2) is 16.7 Å². The highest BCUT2D eigenvalue weighted by Gasteiger charge is 2.11. The van der Waals surface area contributed by atoms with Crippen molar-refractivity contribution in [3.63, 3.8) is 0 Å². The van der Waals surface area contributed by atoms with Crippen LogP contribution in [0, 0.1) is 6.92 Å². The van der Waals surface area contributed by atoms with Gasteiger partial charge >= 0.3 is 0 Å². The SMILES string of the molecule is COc1cccc2ccn(-c3cc(C)c4ccccc4n3)c12. The summed E-state index contributed by atoms with van der Waals surface area (Å²) in [6.07, 6.45) is 2.05. The third-order valence-corrected chi connectivity index (χ3v) is 4.05. The Morgan fingerprint density at radius 1 is 1.00 bits per heavy atom. The molecule has 3 heteroatoms. The lowest BCUT2D eigenvalue weighted by Gasteiger charge is -2.11. The van der Waals surface area contributed by atoms with Crippen LogP contribution in [0.5, 0.6) is 5.75 Å². The second-order valence-electron chi connectivity index (χ2n) is 5.40. The quantitative estimate of drug-likeness (QED) is 0.543. The van der Waals surface area contributed by atoms with Gasteiger partial charge < -0.3 is 4.74 Å². The zero-order valence-corrected chi connectivity index (χ0v) is 12.6. The Bertz CT molecular complexity index is 985. The highest BCUT2D eigenvalue weighted by atomic mass is 16.5. The molecule has 2 aromatic heterocycles. The van der Waals surface area contributed by atoms with E-state index in [1.165, 1.54) is 10.9 Å². The molecule has 0 aliphatic heterocycles. The van der Waals surface area contributed by atoms with Gasteiger partial charge in [-0.25, -0.2) is 4.98 Å². The highest BCUT2D eigenvalue weighted by Crippen LogP contribution is 2.29. The van der Waals surface area contributed by atoms with Gasteiger partial charge in [0.15, 0.2) is 0 Å². The highest BCUT2D eigenvalue weighted by molar-refractivity contribution is 5.88. The van der Waals surface area contributed by atoms with Crippen molar-refractivity contribution in [3.05, 3.63) is 66.4 Å². The number of fused-ring (bicyclic) bond motifs is 2. The molecule has 4 rings (SSSR count). The largest absolute Gasteiger partial charge is 0.495 e. The summed E-state index contributed by atoms with van der Waals surface area (Å²) < 4.78 is 7.61. The van der Waals surface area contributed by atoms with E-state index in [9.17, 15) is 0 Å². The summed E-state index contributed by atoms with van der Waals surface area (Å²) in [7, 11) is 1.70. The molecule has 3 nitrogen and oxygen atoms in total. The van der Waals surface area contributed by atoms with Crippen molar-refractivity contribution < 1.29 is 4.74 Å². The number of ether oxygens (including phenoxy) is 1. The Morgan fingerprint density at radius 2 is 1.86 bits per heavy atom. The number of methoxy groups -OCH3 is 1. The van der Waals surface area contributed by atoms with Crippen LogP contribution in [0.25, 0.3) is 27.6 Å². The second kappa shape index (κ2) is 4.88. The van der Waals surface area contributed by atoms with Gasteiger partial charge in [0.1, 0.15) is 11.6 Å². The Labute approximate surface area is 128 Å². The van der Waals surface area contributed by atoms with E-state index in [-0.39, 0.29) is 0 Å². The van der Waals surface area contributed by atoms with Gasteiger partial charge in [0.25, 0.3) is 0 Å². The lowest BCUT2D eigenvalue weighted by Crippen LogP contribution is -1.99. The average molecular weight is 288 g/mol. The molecule has 0 saturated carbocycles. The van der Waals surface area contributed by atoms with Crippen molar-refractivity contribution in [1.29, 1.82) is 0 Å². The molecule has 0 amide bonds. The smallest absolute Gasteiger partial charge is 0.143 e. The zero-order chi connectivity index (χ0) is 15.1. The molecule has 0 bridgehead atoms. The molecule has 0 unspecified atom stereocenters. The molecule has 22 heavy (non-hydrogen) atoms. The molecule has 108 valence electrons. The van der Waals surface area contributed by atoms with Gasteiger partial charge in [0, 0.05) is 17.0 Å². The van der Waals surface area contributed by atoms with Crippen molar-refractivity contribution in [3.8, 4) is 11.6 Å². The second-order valence-corrected chi connectivity index (χ2v) is 5.40. The lowest BCUT2D eigenvalue weighted by molar-refractivity contribution is 0.418. The predicted molar refractivity (Wildman–Crippen MR) is 89.9 cm³/mol. The fourth-order valence-corrected chi connectivity index (χ4v) is 2.97. The van der Waals surface area contributed by atoms with Crippen LogP contribution < -0.4 is 4.74 Å². The van der Waals surface area contributed by atoms with Gasteiger partial charge in [-0.3, -0.25) is 4.57 Å². The van der Waals surface area contributed by atoms with E-state index < -0.39 is 0 Å². The molecule has 0 spiro atoms. The number of nitrogens with zero attached hydrogens (tertiary/aromatic N) is 2. The summed E-state index contributed by atoms with van der Waals surface area (Å²) in [6.45, 7) is 2.12. The number of hydrogen-bond donors (Lipinski definition) is 0. The maximum absolute atomic E-state index is 5.52. The standard InChI is InChI=1S/C19H16N2O/c1-13-12-18(20-16-8-4-3-7-15(13)16)21-11-10-14-6-5-9-17(22-2)19(14)21/h3-12H,1-2H3. The molecule has 0 aliphatic carbocycles. The van der Waals surface area contributed by atoms with Gasteiger partial charge in [-0.1, -0.05) is 30.3 Å². The lowest BCUT2D eigenvalue weighted by atomic mass is 10.1. The predicted octanol–water partition coefficient (Wildman–Crippen LogP) is 4.50. The third-order valence-electron chi connectivity index (χ3n) is 4.05. The minimum Gasteiger partial charge on any atom is -0.495 e. The van der Waals surface area contributed by atoms with Crippen molar-refractivity contribution in [2.24, 2.45) is 0 Å². The minimum atomic E-state index is 0.857. The third kappa shape index (κ3) is 1.86. The van der Waals surface area contributed by atoms with E-state index in [4.69, 9.17) is 9.72 Å². The van der Waals surface area contributed by atoms with Crippen molar-refractivity contribution in [2.75, 3.05) is 7.11 Å². The first kappa shape index (κ1) is 12.9. The topological polar surface area (TPSA) is 27.1 Å². The molecular formula is C19H16N2O. The maximum Gasteiger partial charge on any atom is 0.143 e. The zero-order valence-electron chi connectivity index (χ0n) is 12.6. The van der Waals surface area contributed by atoms with Crippen LogP contribution in [-0.2, 0) is 0 Å². The number of rotatable bonds is 2. The summed E-state index contributed by atoms with van der Waals surface area (Å²) in [4.78, 5) is 4.81. The van der Waals surface area contributed by atoms with Gasteiger partial charge in [-0.2, -0.15) is 0 Å². The summed E-state index contributed by atoms with van der Waals surface area (Å²) >= 11 is 0. The molecule has 0 fully saturated rings. The van der Waals surface area contributed by atoms with Gasteiger partial charge in [0.05, 0.1) is 18.1 Å². The van der Waals surface area contributed by atoms with E-state index in [2.05, 4.69) is 41.8 Å². The number of pyridine rings is 1. The Morgan fingerprint density at radius 3 is 2.73 bits per heavy atom. The van der Waals surface area contributed by atoms with Gasteiger partial charge in [0.2, 0.25) is 0 Å². The van der Waals surface area contributed by atoms with Crippen LogP contribution in [0.15, 0.2) is 60.8 Å². The minimum absolute atomic E-state index is 0.857. The molecule has 0 aliphatic rings. The van der Waals surface area contributed by atoms with Crippen molar-refractivity contribution in [1.82, 2.24) is 9.55 Å². The van der Waals surface area contributed by atoms with Crippen molar-refractivity contribution in [2.45, 2.75) is 6.92 Å². The number of para-hydroxylation sites is 2. The number of benzene rings is 2. The van der Waals surface area contributed by atoms with E-state index in [0.29, 0.717) is 0 Å². The first-order valence-electron chi connectivity index (χ1n) is 7.29. The van der Waals surface area contributed by atoms with Gasteiger partial charge in [-0.05, 0) is 36.8 Å². The fraction of sp³-hybridized carbons (Fsp3) is 0.105. The van der Waals surface area contributed by atoms with Crippen LogP contribution in [0.1, 0.15) is 5.56 Å². The molecule has 0 N–H and O–H groups in total. The van der Waals surface area contributed by atoms with Crippen LogP contribution in [0.2, 0.25) is 0 Å². The molecule has 2 heterocycles. The number of aromatic nitrogens is 2. The molecule has 4 aromatic rings. The van der Waals surface area contributed by atoms with E-state index in [0.717, 1.165) is 28.0 Å². The van der Waals surface area contributed by atoms with Crippen LogP contribution in [0.4, 0.5) is 0 Å². The summed E-state index contributed by atoms with van der Waals surface area (Å²) in [5, 5.41) is 2.33. The van der Waals surface area contributed by atoms with Gasteiger partial charge in [-0.15, -0.1) is 0 Å². The Kier molecular flexibility index (Phi) is 2.86. The average Bonchev–Trinajstić information content (AvgIpc) is 2.99. The van der Waals surface area contributed by atoms with E-state index >= 15 is 0 Å². The van der Waals surface area contributed by atoms with Crippen molar-refractivity contribution >= 4 is 21.8 Å². The fourth-order valence-electron chi connectivity index (χ4n) is 2.97. The Balaban J connectivity index is 2.03. The van der Waals surface area contributed by atoms with Crippen LogP contribution in [0.3, 0.4) is 0 Å². The summed E-state index contributed by atoms with van der Waals surface area (Å²) in [5.74, 6) is 1.77. The molecule has 0 radical (unpaired) electrons. The normalized spacial score (nSPS) is 11.2. The summed E-state index contributed by atoms with van der Waals surface area (Å²) in [6, 6.07) is 18.5. The van der Waals surface area contributed by atoms with Crippen LogP contribution >= 0.6 is 0 Å². The first-order valence-corrected chi connectivity index (χ1v) is 7.29. The monoisotopic (exact) mass is 288 g/mol. The van der Waals surface area contributed by atoms with E-state index in [1.807, 2.05) is 30.5 Å². The molecule has 2 aromatic carbocycles. The molecule has 0 saturated heterocycles. The maximum atomic E-state index is 5.52. The number of hydrogen-bond acceptors (Lipinski definition) is 2. The first-order chi connectivity index (χ1) is 10.8. The molecular weight excluding hydrogens is 272 g/mol. The molecule has 0 atom stereocenters. The number of aryl methyl sites for hydroxylation is 1. The summed E-state index contributed by atoms with van der Waals surface area (Å²) in [5.41, 5.74) is 3.28.